The van der Waals surface area contributed by atoms with Gasteiger partial charge < -0.3 is 14.4 Å². The Morgan fingerprint density at radius 1 is 1.38 bits per heavy atom. The van der Waals surface area contributed by atoms with Crippen LogP contribution in [-0.4, -0.2) is 57.6 Å². The van der Waals surface area contributed by atoms with Gasteiger partial charge in [0, 0.05) is 26.2 Å². The van der Waals surface area contributed by atoms with E-state index in [1.54, 1.807) is 0 Å². The van der Waals surface area contributed by atoms with Crippen molar-refractivity contribution in [3.63, 3.8) is 0 Å². The summed E-state index contributed by atoms with van der Waals surface area (Å²) in [7, 11) is 0. The van der Waals surface area contributed by atoms with Crippen molar-refractivity contribution >= 4 is 12.2 Å². The van der Waals surface area contributed by atoms with Crippen molar-refractivity contribution in [1.82, 2.24) is 19.7 Å². The fourth-order valence-corrected chi connectivity index (χ4v) is 2.01. The Morgan fingerprint density at radius 2 is 2.12 bits per heavy atom. The van der Waals surface area contributed by atoms with E-state index in [0.29, 0.717) is 10.6 Å². The Bertz CT molecular complexity index is 383. The van der Waals surface area contributed by atoms with Gasteiger partial charge in [-0.2, -0.15) is 5.10 Å². The molecule has 1 saturated heterocycles. The van der Waals surface area contributed by atoms with Gasteiger partial charge in [0.05, 0.1) is 13.2 Å². The predicted molar refractivity (Wildman–Crippen MR) is 60.6 cm³/mol. The van der Waals surface area contributed by atoms with Crippen LogP contribution in [0.3, 0.4) is 0 Å². The summed E-state index contributed by atoms with van der Waals surface area (Å²) < 4.78 is 7.68. The van der Waals surface area contributed by atoms with Gasteiger partial charge in [-0.1, -0.05) is 0 Å². The van der Waals surface area contributed by atoms with Crippen molar-refractivity contribution in [3.8, 4) is 0 Å². The SMILES string of the molecule is OCc1n[nH]c(=S)n1CCN1CCOCC1. The van der Waals surface area contributed by atoms with Gasteiger partial charge in [-0.25, -0.2) is 0 Å². The average Bonchev–Trinajstić information content (AvgIpc) is 2.69. The Hall–Kier alpha value is -0.760. The van der Waals surface area contributed by atoms with E-state index in [2.05, 4.69) is 15.1 Å². The molecular weight excluding hydrogens is 228 g/mol. The standard InChI is InChI=1S/C9H16N4O2S/c14-7-8-10-11-9(16)13(8)2-1-12-3-5-15-6-4-12/h14H,1-7H2,(H,11,16). The van der Waals surface area contributed by atoms with Crippen LogP contribution < -0.4 is 0 Å². The zero-order valence-corrected chi connectivity index (χ0v) is 9.87. The summed E-state index contributed by atoms with van der Waals surface area (Å²) in [6.45, 7) is 5.08. The second-order valence-electron chi connectivity index (χ2n) is 3.71. The van der Waals surface area contributed by atoms with Crippen LogP contribution in [0, 0.1) is 4.77 Å². The van der Waals surface area contributed by atoms with E-state index in [-0.39, 0.29) is 6.61 Å². The zero-order valence-electron chi connectivity index (χ0n) is 9.06. The number of aromatic nitrogens is 3. The molecule has 1 aromatic rings. The van der Waals surface area contributed by atoms with Gasteiger partial charge in [-0.3, -0.25) is 10.00 Å². The molecule has 1 aliphatic heterocycles. The first-order valence-corrected chi connectivity index (χ1v) is 5.77. The van der Waals surface area contributed by atoms with Crippen molar-refractivity contribution in [2.75, 3.05) is 32.8 Å². The topological polar surface area (TPSA) is 66.3 Å². The smallest absolute Gasteiger partial charge is 0.195 e. The van der Waals surface area contributed by atoms with Gasteiger partial charge in [0.2, 0.25) is 0 Å². The molecule has 7 heteroatoms. The number of nitrogens with zero attached hydrogens (tertiary/aromatic N) is 3. The van der Waals surface area contributed by atoms with Crippen molar-refractivity contribution in [3.05, 3.63) is 10.6 Å². The lowest BCUT2D eigenvalue weighted by Crippen LogP contribution is -2.38. The van der Waals surface area contributed by atoms with Crippen molar-refractivity contribution in [2.24, 2.45) is 0 Å². The van der Waals surface area contributed by atoms with E-state index >= 15 is 0 Å². The number of aliphatic hydroxyl groups excluding tert-OH is 1. The molecule has 0 amide bonds. The first kappa shape index (κ1) is 11.7. The molecule has 0 radical (unpaired) electrons. The van der Waals surface area contributed by atoms with E-state index in [1.165, 1.54) is 0 Å². The van der Waals surface area contributed by atoms with Gasteiger partial charge in [-0.05, 0) is 12.2 Å². The number of ether oxygens (including phenoxy) is 1. The molecule has 1 aromatic heterocycles. The number of morpholine rings is 1. The average molecular weight is 244 g/mol. The number of hydrogen-bond acceptors (Lipinski definition) is 5. The van der Waals surface area contributed by atoms with Crippen molar-refractivity contribution in [1.29, 1.82) is 0 Å². The number of hydrogen-bond donors (Lipinski definition) is 2. The fourth-order valence-electron chi connectivity index (χ4n) is 1.77. The predicted octanol–water partition coefficient (Wildman–Crippen LogP) is -0.235. The van der Waals surface area contributed by atoms with Crippen LogP contribution in [0.2, 0.25) is 0 Å². The summed E-state index contributed by atoms with van der Waals surface area (Å²) in [6.07, 6.45) is 0. The van der Waals surface area contributed by atoms with Gasteiger partial charge in [0.15, 0.2) is 10.6 Å². The summed E-state index contributed by atoms with van der Waals surface area (Å²) in [5.41, 5.74) is 0. The molecule has 90 valence electrons. The van der Waals surface area contributed by atoms with Crippen molar-refractivity contribution < 1.29 is 9.84 Å². The van der Waals surface area contributed by atoms with Crippen LogP contribution in [0.25, 0.3) is 0 Å². The molecule has 6 nitrogen and oxygen atoms in total. The Kier molecular flexibility index (Phi) is 4.05. The van der Waals surface area contributed by atoms with E-state index in [4.69, 9.17) is 22.1 Å². The normalized spacial score (nSPS) is 17.8. The number of H-pyrrole nitrogens is 1. The highest BCUT2D eigenvalue weighted by atomic mass is 32.1. The summed E-state index contributed by atoms with van der Waals surface area (Å²) in [6, 6.07) is 0. The number of rotatable bonds is 4. The lowest BCUT2D eigenvalue weighted by Gasteiger charge is -2.26. The second-order valence-corrected chi connectivity index (χ2v) is 4.10. The molecule has 2 rings (SSSR count). The number of nitrogens with one attached hydrogen (secondary N) is 1. The number of aliphatic hydroxyl groups is 1. The minimum atomic E-state index is -0.0871. The first-order chi connectivity index (χ1) is 7.81. The van der Waals surface area contributed by atoms with Crippen LogP contribution in [0.1, 0.15) is 5.82 Å². The van der Waals surface area contributed by atoms with Gasteiger partial charge in [-0.15, -0.1) is 0 Å². The highest BCUT2D eigenvalue weighted by molar-refractivity contribution is 7.71. The Labute approximate surface area is 98.8 Å². The molecule has 16 heavy (non-hydrogen) atoms. The molecule has 0 unspecified atom stereocenters. The molecule has 0 aromatic carbocycles. The molecule has 1 fully saturated rings. The molecule has 2 N–H and O–H groups in total. The van der Waals surface area contributed by atoms with E-state index in [1.807, 2.05) is 4.57 Å². The second kappa shape index (κ2) is 5.53. The third-order valence-corrected chi connectivity index (χ3v) is 3.03. The summed E-state index contributed by atoms with van der Waals surface area (Å²) in [5.74, 6) is 0.596. The van der Waals surface area contributed by atoms with Gasteiger partial charge >= 0.3 is 0 Å². The van der Waals surface area contributed by atoms with Crippen LogP contribution in [-0.2, 0) is 17.9 Å². The molecule has 2 heterocycles. The maximum Gasteiger partial charge on any atom is 0.195 e. The van der Waals surface area contributed by atoms with Crippen molar-refractivity contribution in [2.45, 2.75) is 13.2 Å². The van der Waals surface area contributed by atoms with E-state index in [9.17, 15) is 0 Å². The molecule has 1 aliphatic rings. The molecule has 0 aliphatic carbocycles. The third kappa shape index (κ3) is 2.67. The zero-order chi connectivity index (χ0) is 11.4. The molecule has 0 atom stereocenters. The van der Waals surface area contributed by atoms with Crippen LogP contribution in [0.5, 0.6) is 0 Å². The van der Waals surface area contributed by atoms with Crippen LogP contribution >= 0.6 is 12.2 Å². The third-order valence-electron chi connectivity index (χ3n) is 2.72. The highest BCUT2D eigenvalue weighted by Crippen LogP contribution is 2.01. The maximum absolute atomic E-state index is 9.09. The fraction of sp³-hybridized carbons (Fsp3) is 0.778. The van der Waals surface area contributed by atoms with Gasteiger partial charge in [0.1, 0.15) is 6.61 Å². The minimum absolute atomic E-state index is 0.0871. The van der Waals surface area contributed by atoms with E-state index < -0.39 is 0 Å². The lowest BCUT2D eigenvalue weighted by molar-refractivity contribution is 0.0361. The first-order valence-electron chi connectivity index (χ1n) is 5.36. The van der Waals surface area contributed by atoms with E-state index in [0.717, 1.165) is 39.4 Å². The van der Waals surface area contributed by atoms with Gasteiger partial charge in [0.25, 0.3) is 0 Å². The quantitative estimate of drug-likeness (QED) is 0.716. The number of aromatic amines is 1. The summed E-state index contributed by atoms with van der Waals surface area (Å²) in [4.78, 5) is 2.32. The monoisotopic (exact) mass is 244 g/mol. The Morgan fingerprint density at radius 3 is 2.81 bits per heavy atom. The molecule has 0 spiro atoms. The lowest BCUT2D eigenvalue weighted by atomic mass is 10.4. The highest BCUT2D eigenvalue weighted by Gasteiger charge is 2.11. The largest absolute Gasteiger partial charge is 0.388 e. The van der Waals surface area contributed by atoms with Crippen LogP contribution in [0.4, 0.5) is 0 Å². The molecule has 0 saturated carbocycles. The minimum Gasteiger partial charge on any atom is -0.388 e. The summed E-state index contributed by atoms with van der Waals surface area (Å²) >= 11 is 5.10. The molecular formula is C9H16N4O2S. The van der Waals surface area contributed by atoms with Crippen LogP contribution in [0.15, 0.2) is 0 Å². The Balaban J connectivity index is 1.93. The maximum atomic E-state index is 9.09. The summed E-state index contributed by atoms with van der Waals surface area (Å²) in [5, 5.41) is 15.7. The molecule has 0 bridgehead atoms.